The van der Waals surface area contributed by atoms with E-state index in [9.17, 15) is 8.78 Å². The van der Waals surface area contributed by atoms with E-state index in [0.717, 1.165) is 28.4 Å². The number of anilines is 5. The summed E-state index contributed by atoms with van der Waals surface area (Å²) in [5, 5.41) is 3.87. The molecule has 0 aliphatic carbocycles. The standard InChI is InChI=1S/C18H14FN.C12H11N.C6H4ClF.CH4/c19-15-11-13-18(14-12-15)20(16-7-3-1-4-8-16)17-9-5-2-6-10-17;1-3-7-11(8-4-1)13-12-9-5-2-6-10-12;7-5-1-3-6(8)4-2-5;/h1-14H;1-10,13H;1-4H;1H4. The van der Waals surface area contributed by atoms with Gasteiger partial charge in [0.25, 0.3) is 0 Å². The first-order chi connectivity index (χ1) is 20.1. The van der Waals surface area contributed by atoms with Gasteiger partial charge in [-0.15, -0.1) is 0 Å². The number of hydrogen-bond acceptors (Lipinski definition) is 2. The van der Waals surface area contributed by atoms with Gasteiger partial charge in [0.1, 0.15) is 11.6 Å². The highest BCUT2D eigenvalue weighted by Crippen LogP contribution is 2.33. The third kappa shape index (κ3) is 10.2. The Hall–Kier alpha value is -4.93. The predicted molar refractivity (Wildman–Crippen MR) is 175 cm³/mol. The van der Waals surface area contributed by atoms with Crippen molar-refractivity contribution in [2.75, 3.05) is 10.2 Å². The van der Waals surface area contributed by atoms with Crippen molar-refractivity contribution in [3.63, 3.8) is 0 Å². The second kappa shape index (κ2) is 17.0. The van der Waals surface area contributed by atoms with Crippen LogP contribution in [0, 0.1) is 11.6 Å². The van der Waals surface area contributed by atoms with Crippen LogP contribution in [0.25, 0.3) is 0 Å². The van der Waals surface area contributed by atoms with E-state index >= 15 is 0 Å². The van der Waals surface area contributed by atoms with E-state index in [1.165, 1.54) is 36.4 Å². The molecule has 0 saturated carbocycles. The number of nitrogens with one attached hydrogen (secondary N) is 1. The third-order valence-electron chi connectivity index (χ3n) is 5.75. The van der Waals surface area contributed by atoms with Crippen LogP contribution in [0.3, 0.4) is 0 Å². The Bertz CT molecular complexity index is 1450. The maximum absolute atomic E-state index is 13.1. The minimum absolute atomic E-state index is 0. The molecule has 0 atom stereocenters. The quantitative estimate of drug-likeness (QED) is 0.219. The lowest BCUT2D eigenvalue weighted by Crippen LogP contribution is -2.09. The Morgan fingerprint density at radius 1 is 0.405 bits per heavy atom. The summed E-state index contributed by atoms with van der Waals surface area (Å²) in [6.45, 7) is 0. The Morgan fingerprint density at radius 2 is 0.714 bits per heavy atom. The van der Waals surface area contributed by atoms with Crippen LogP contribution in [0.15, 0.2) is 170 Å². The minimum atomic E-state index is -0.255. The molecule has 0 unspecified atom stereocenters. The maximum atomic E-state index is 13.1. The number of para-hydroxylation sites is 4. The monoisotopic (exact) mass is 578 g/mol. The first-order valence-corrected chi connectivity index (χ1v) is 13.4. The van der Waals surface area contributed by atoms with Gasteiger partial charge in [-0.05, 0) is 97.1 Å². The van der Waals surface area contributed by atoms with Crippen LogP contribution in [0.1, 0.15) is 7.43 Å². The molecule has 5 heteroatoms. The molecule has 0 radical (unpaired) electrons. The highest BCUT2D eigenvalue weighted by Gasteiger charge is 2.11. The topological polar surface area (TPSA) is 15.3 Å². The highest BCUT2D eigenvalue weighted by atomic mass is 35.5. The van der Waals surface area contributed by atoms with Gasteiger partial charge in [-0.1, -0.05) is 91.8 Å². The molecule has 212 valence electrons. The fourth-order valence-electron chi connectivity index (χ4n) is 3.83. The zero-order valence-electron chi connectivity index (χ0n) is 22.2. The molecule has 6 rings (SSSR count). The summed E-state index contributed by atoms with van der Waals surface area (Å²) >= 11 is 5.44. The molecule has 0 bridgehead atoms. The Balaban J connectivity index is 0.000000189. The Kier molecular flexibility index (Phi) is 12.8. The summed E-state index contributed by atoms with van der Waals surface area (Å²) in [6, 6.07) is 52.6. The smallest absolute Gasteiger partial charge is 0.123 e. The van der Waals surface area contributed by atoms with E-state index in [4.69, 9.17) is 11.6 Å². The largest absolute Gasteiger partial charge is 0.356 e. The van der Waals surface area contributed by atoms with Crippen LogP contribution in [-0.4, -0.2) is 0 Å². The van der Waals surface area contributed by atoms with Crippen LogP contribution >= 0.6 is 11.6 Å². The van der Waals surface area contributed by atoms with Gasteiger partial charge in [-0.2, -0.15) is 0 Å². The molecule has 2 nitrogen and oxygen atoms in total. The van der Waals surface area contributed by atoms with E-state index in [2.05, 4.69) is 10.2 Å². The van der Waals surface area contributed by atoms with Gasteiger partial charge in [-0.25, -0.2) is 8.78 Å². The molecule has 0 spiro atoms. The van der Waals surface area contributed by atoms with Crippen molar-refractivity contribution in [3.05, 3.63) is 187 Å². The van der Waals surface area contributed by atoms with E-state index in [-0.39, 0.29) is 19.1 Å². The molecule has 6 aromatic carbocycles. The van der Waals surface area contributed by atoms with E-state index in [0.29, 0.717) is 5.02 Å². The molecule has 0 aliphatic heterocycles. The zero-order valence-corrected chi connectivity index (χ0v) is 23.0. The molecule has 0 amide bonds. The summed E-state index contributed by atoms with van der Waals surface area (Å²) in [7, 11) is 0. The number of benzene rings is 6. The van der Waals surface area contributed by atoms with Crippen molar-refractivity contribution in [2.24, 2.45) is 0 Å². The summed E-state index contributed by atoms with van der Waals surface area (Å²) in [6.07, 6.45) is 0. The SMILES string of the molecule is C.Fc1ccc(Cl)cc1.Fc1ccc(N(c2ccccc2)c2ccccc2)cc1.c1ccc(Nc2ccccc2)cc1. The second-order valence-corrected chi connectivity index (χ2v) is 9.21. The number of hydrogen-bond donors (Lipinski definition) is 1. The van der Waals surface area contributed by atoms with Crippen LogP contribution in [0.5, 0.6) is 0 Å². The van der Waals surface area contributed by atoms with Gasteiger partial charge in [0.05, 0.1) is 0 Å². The average Bonchev–Trinajstić information content (AvgIpc) is 3.03. The first-order valence-electron chi connectivity index (χ1n) is 13.0. The molecule has 0 heterocycles. The third-order valence-corrected chi connectivity index (χ3v) is 6.01. The van der Waals surface area contributed by atoms with Gasteiger partial charge in [0.2, 0.25) is 0 Å². The van der Waals surface area contributed by atoms with Crippen LogP contribution in [0.2, 0.25) is 5.02 Å². The van der Waals surface area contributed by atoms with Crippen LogP contribution in [-0.2, 0) is 0 Å². The van der Waals surface area contributed by atoms with Crippen molar-refractivity contribution in [2.45, 2.75) is 7.43 Å². The summed E-state index contributed by atoms with van der Waals surface area (Å²) in [4.78, 5) is 2.10. The summed E-state index contributed by atoms with van der Waals surface area (Å²) in [5.41, 5.74) is 5.27. The van der Waals surface area contributed by atoms with Gasteiger partial charge < -0.3 is 10.2 Å². The van der Waals surface area contributed by atoms with Gasteiger partial charge in [0, 0.05) is 33.5 Å². The van der Waals surface area contributed by atoms with Crippen molar-refractivity contribution in [1.82, 2.24) is 0 Å². The molecular weight excluding hydrogens is 546 g/mol. The Labute approximate surface area is 252 Å². The van der Waals surface area contributed by atoms with E-state index in [1.54, 1.807) is 12.1 Å². The fraction of sp³-hybridized carbons (Fsp3) is 0.0270. The normalized spacial score (nSPS) is 9.60. The lowest BCUT2D eigenvalue weighted by Gasteiger charge is -2.25. The van der Waals surface area contributed by atoms with Crippen LogP contribution < -0.4 is 10.2 Å². The first kappa shape index (κ1) is 31.6. The fourth-order valence-corrected chi connectivity index (χ4v) is 3.96. The zero-order chi connectivity index (χ0) is 28.7. The lowest BCUT2D eigenvalue weighted by molar-refractivity contribution is 0.627. The maximum Gasteiger partial charge on any atom is 0.123 e. The molecule has 0 aromatic heterocycles. The molecule has 0 fully saturated rings. The molecule has 6 aromatic rings. The predicted octanol–water partition coefficient (Wildman–Crippen LogP) is 11.8. The number of halogens is 3. The average molecular weight is 579 g/mol. The number of rotatable bonds is 5. The molecule has 1 N–H and O–H groups in total. The lowest BCUT2D eigenvalue weighted by atomic mass is 10.2. The van der Waals surface area contributed by atoms with Crippen molar-refractivity contribution < 1.29 is 8.78 Å². The number of nitrogens with zero attached hydrogens (tertiary/aromatic N) is 1. The van der Waals surface area contributed by atoms with Gasteiger partial charge >= 0.3 is 0 Å². The minimum Gasteiger partial charge on any atom is -0.356 e. The molecule has 42 heavy (non-hydrogen) atoms. The van der Waals surface area contributed by atoms with Crippen molar-refractivity contribution in [3.8, 4) is 0 Å². The summed E-state index contributed by atoms with van der Waals surface area (Å²) in [5.74, 6) is -0.482. The van der Waals surface area contributed by atoms with Gasteiger partial charge in [0.15, 0.2) is 0 Å². The van der Waals surface area contributed by atoms with Crippen molar-refractivity contribution in [1.29, 1.82) is 0 Å². The van der Waals surface area contributed by atoms with E-state index in [1.807, 2.05) is 121 Å². The Morgan fingerprint density at radius 3 is 1.07 bits per heavy atom. The summed E-state index contributed by atoms with van der Waals surface area (Å²) < 4.78 is 25.2. The highest BCUT2D eigenvalue weighted by molar-refractivity contribution is 6.30. The molecule has 0 saturated heterocycles. The second-order valence-electron chi connectivity index (χ2n) is 8.78. The van der Waals surface area contributed by atoms with Crippen LogP contribution in [0.4, 0.5) is 37.2 Å². The molecule has 0 aliphatic rings. The van der Waals surface area contributed by atoms with Gasteiger partial charge in [-0.3, -0.25) is 0 Å². The van der Waals surface area contributed by atoms with Crippen molar-refractivity contribution >= 4 is 40.0 Å². The molecular formula is C37H33ClF2N2. The van der Waals surface area contributed by atoms with E-state index < -0.39 is 0 Å².